The largest absolute Gasteiger partial charge is 0.240 e. The van der Waals surface area contributed by atoms with Crippen molar-refractivity contribution in [3.05, 3.63) is 47.8 Å². The van der Waals surface area contributed by atoms with Crippen molar-refractivity contribution < 1.29 is 8.42 Å². The molecule has 0 aliphatic carbocycles. The molecule has 6 heteroatoms. The fraction of sp³-hybridized carbons (Fsp3) is 0.182. The third-order valence-electron chi connectivity index (χ3n) is 2.35. The normalized spacial score (nSPS) is 11.6. The summed E-state index contributed by atoms with van der Waals surface area (Å²) < 4.78 is 23.7. The summed E-state index contributed by atoms with van der Waals surface area (Å²) in [5.74, 6) is -0.201. The molecule has 0 radical (unpaired) electrons. The van der Waals surface area contributed by atoms with E-state index in [0.717, 1.165) is 5.69 Å². The van der Waals surface area contributed by atoms with Crippen LogP contribution < -0.4 is 0 Å². The van der Waals surface area contributed by atoms with Crippen LogP contribution in [0, 0.1) is 6.92 Å². The smallest absolute Gasteiger partial charge is 0.236 e. The van der Waals surface area contributed by atoms with Crippen LogP contribution >= 0.6 is 10.7 Å². The first-order valence-corrected chi connectivity index (χ1v) is 7.46. The minimum Gasteiger partial charge on any atom is -0.240 e. The van der Waals surface area contributed by atoms with Crippen LogP contribution in [0.3, 0.4) is 0 Å². The molecule has 0 saturated carbocycles. The summed E-state index contributed by atoms with van der Waals surface area (Å²) in [6.07, 6.45) is 1.69. The van der Waals surface area contributed by atoms with Gasteiger partial charge in [-0.3, -0.25) is 0 Å². The average Bonchev–Trinajstić information content (AvgIpc) is 2.59. The molecule has 0 N–H and O–H groups in total. The van der Waals surface area contributed by atoms with Gasteiger partial charge in [-0.1, -0.05) is 18.2 Å². The fourth-order valence-electron chi connectivity index (χ4n) is 1.54. The Kier molecular flexibility index (Phi) is 3.22. The molecule has 1 aromatic carbocycles. The molecule has 0 spiro atoms. The Morgan fingerprint density at radius 2 is 1.94 bits per heavy atom. The zero-order chi connectivity index (χ0) is 12.5. The van der Waals surface area contributed by atoms with Crippen LogP contribution in [0.2, 0.25) is 0 Å². The molecule has 2 rings (SSSR count). The first-order valence-electron chi connectivity index (χ1n) is 4.98. The number of hydrogen-bond donors (Lipinski definition) is 0. The van der Waals surface area contributed by atoms with Crippen LogP contribution in [0.1, 0.15) is 11.3 Å². The van der Waals surface area contributed by atoms with Crippen LogP contribution in [0.4, 0.5) is 0 Å². The highest BCUT2D eigenvalue weighted by molar-refractivity contribution is 8.13. The second-order valence-electron chi connectivity index (χ2n) is 3.70. The monoisotopic (exact) mass is 270 g/mol. The van der Waals surface area contributed by atoms with Gasteiger partial charge in [0.25, 0.3) is 0 Å². The molecule has 1 heterocycles. The van der Waals surface area contributed by atoms with Gasteiger partial charge in [0, 0.05) is 22.4 Å². The molecule has 1 aromatic heterocycles. The number of aromatic nitrogens is 2. The molecule has 0 aliphatic heterocycles. The number of aryl methyl sites for hydroxylation is 1. The van der Waals surface area contributed by atoms with E-state index in [1.165, 1.54) is 0 Å². The van der Waals surface area contributed by atoms with Crippen LogP contribution in [0.15, 0.2) is 36.5 Å². The maximum atomic E-state index is 11.0. The molecule has 0 unspecified atom stereocenters. The lowest BCUT2D eigenvalue weighted by molar-refractivity contribution is 0.608. The fourth-order valence-corrected chi connectivity index (χ4v) is 2.54. The Hall–Kier alpha value is -1.33. The van der Waals surface area contributed by atoms with Crippen molar-refractivity contribution in [2.75, 3.05) is 0 Å². The number of halogens is 1. The van der Waals surface area contributed by atoms with Crippen molar-refractivity contribution in [2.45, 2.75) is 12.7 Å². The third kappa shape index (κ3) is 3.08. The van der Waals surface area contributed by atoms with Crippen molar-refractivity contribution >= 4 is 19.7 Å². The van der Waals surface area contributed by atoms with E-state index in [4.69, 9.17) is 10.7 Å². The Bertz CT molecular complexity index is 620. The zero-order valence-electron chi connectivity index (χ0n) is 9.17. The quantitative estimate of drug-likeness (QED) is 0.804. The summed E-state index contributed by atoms with van der Waals surface area (Å²) in [4.78, 5) is 0. The molecule has 0 amide bonds. The van der Waals surface area contributed by atoms with Crippen LogP contribution in [0.5, 0.6) is 0 Å². The first-order chi connectivity index (χ1) is 7.96. The van der Waals surface area contributed by atoms with Crippen molar-refractivity contribution in [3.8, 4) is 5.69 Å². The van der Waals surface area contributed by atoms with Gasteiger partial charge in [0.15, 0.2) is 0 Å². The molecular weight excluding hydrogens is 260 g/mol. The first kappa shape index (κ1) is 12.1. The van der Waals surface area contributed by atoms with Gasteiger partial charge < -0.3 is 0 Å². The van der Waals surface area contributed by atoms with E-state index in [0.29, 0.717) is 11.3 Å². The van der Waals surface area contributed by atoms with Gasteiger partial charge in [-0.25, -0.2) is 13.1 Å². The lowest BCUT2D eigenvalue weighted by Gasteiger charge is -1.98. The summed E-state index contributed by atoms with van der Waals surface area (Å²) in [6.45, 7) is 1.76. The van der Waals surface area contributed by atoms with Crippen LogP contribution in [-0.2, 0) is 14.8 Å². The molecule has 0 fully saturated rings. The highest BCUT2D eigenvalue weighted by Gasteiger charge is 2.13. The predicted molar refractivity (Wildman–Crippen MR) is 66.8 cm³/mol. The van der Waals surface area contributed by atoms with Crippen molar-refractivity contribution in [1.29, 1.82) is 0 Å². The van der Waals surface area contributed by atoms with E-state index < -0.39 is 9.05 Å². The number of nitrogens with zero attached hydrogens (tertiary/aromatic N) is 2. The molecule has 4 nitrogen and oxygen atoms in total. The lowest BCUT2D eigenvalue weighted by atomic mass is 10.3. The van der Waals surface area contributed by atoms with Crippen molar-refractivity contribution in [3.63, 3.8) is 0 Å². The summed E-state index contributed by atoms with van der Waals surface area (Å²) in [5, 5.41) is 4.26. The summed E-state index contributed by atoms with van der Waals surface area (Å²) >= 11 is 0. The average molecular weight is 271 g/mol. The topological polar surface area (TPSA) is 52.0 Å². The van der Waals surface area contributed by atoms with E-state index in [1.54, 1.807) is 17.8 Å². The van der Waals surface area contributed by atoms with Gasteiger partial charge in [0.05, 0.1) is 17.1 Å². The molecule has 90 valence electrons. The summed E-state index contributed by atoms with van der Waals surface area (Å²) in [7, 11) is 1.68. The van der Waals surface area contributed by atoms with E-state index in [1.807, 2.05) is 30.3 Å². The van der Waals surface area contributed by atoms with Crippen molar-refractivity contribution in [1.82, 2.24) is 9.78 Å². The minimum absolute atomic E-state index is 0.201. The predicted octanol–water partition coefficient (Wildman–Crippen LogP) is 2.25. The van der Waals surface area contributed by atoms with Gasteiger partial charge in [-0.05, 0) is 19.1 Å². The molecule has 0 atom stereocenters. The second kappa shape index (κ2) is 4.50. The number of benzene rings is 1. The van der Waals surface area contributed by atoms with Gasteiger partial charge in [0.2, 0.25) is 9.05 Å². The Morgan fingerprint density at radius 3 is 2.53 bits per heavy atom. The summed E-state index contributed by atoms with van der Waals surface area (Å²) in [5.41, 5.74) is 2.16. The van der Waals surface area contributed by atoms with Gasteiger partial charge >= 0.3 is 0 Å². The van der Waals surface area contributed by atoms with Gasteiger partial charge in [-0.15, -0.1) is 0 Å². The molecular formula is C11H11ClN2O2S. The lowest BCUT2D eigenvalue weighted by Crippen LogP contribution is -1.95. The molecule has 0 saturated heterocycles. The molecule has 0 aliphatic rings. The second-order valence-corrected chi connectivity index (χ2v) is 6.48. The number of hydrogen-bond acceptors (Lipinski definition) is 3. The minimum atomic E-state index is -3.55. The Morgan fingerprint density at radius 1 is 1.29 bits per heavy atom. The van der Waals surface area contributed by atoms with E-state index in [-0.39, 0.29) is 5.75 Å². The van der Waals surface area contributed by atoms with Crippen LogP contribution in [0.25, 0.3) is 5.69 Å². The SMILES string of the molecule is Cc1nn(-c2ccccc2)cc1CS(=O)(=O)Cl. The van der Waals surface area contributed by atoms with E-state index in [2.05, 4.69) is 5.10 Å². The van der Waals surface area contributed by atoms with E-state index in [9.17, 15) is 8.42 Å². The summed E-state index contributed by atoms with van der Waals surface area (Å²) in [6, 6.07) is 9.48. The third-order valence-corrected chi connectivity index (χ3v) is 3.33. The highest BCUT2D eigenvalue weighted by Crippen LogP contribution is 2.15. The molecule has 17 heavy (non-hydrogen) atoms. The number of rotatable bonds is 3. The standard InChI is InChI=1S/C11H11ClN2O2S/c1-9-10(8-17(12,15)16)7-14(13-9)11-5-3-2-4-6-11/h2-7H,8H2,1H3. The maximum absolute atomic E-state index is 11.0. The van der Waals surface area contributed by atoms with E-state index >= 15 is 0 Å². The Balaban J connectivity index is 2.38. The van der Waals surface area contributed by atoms with Gasteiger partial charge in [-0.2, -0.15) is 5.10 Å². The number of para-hydroxylation sites is 1. The Labute approximate surface area is 104 Å². The molecule has 2 aromatic rings. The zero-order valence-corrected chi connectivity index (χ0v) is 10.7. The molecule has 0 bridgehead atoms. The van der Waals surface area contributed by atoms with Crippen LogP contribution in [-0.4, -0.2) is 18.2 Å². The highest BCUT2D eigenvalue weighted by atomic mass is 35.7. The van der Waals surface area contributed by atoms with Gasteiger partial charge in [0.1, 0.15) is 0 Å². The van der Waals surface area contributed by atoms with Crippen molar-refractivity contribution in [2.24, 2.45) is 0 Å². The maximum Gasteiger partial charge on any atom is 0.236 e.